The number of rotatable bonds is 3. The van der Waals surface area contributed by atoms with E-state index in [1.54, 1.807) is 11.3 Å². The first kappa shape index (κ1) is 14.1. The second-order valence-electron chi connectivity index (χ2n) is 5.43. The van der Waals surface area contributed by atoms with Crippen LogP contribution in [0.5, 0.6) is 0 Å². The molecule has 0 aliphatic carbocycles. The van der Waals surface area contributed by atoms with Crippen molar-refractivity contribution in [3.63, 3.8) is 0 Å². The molecule has 2 heterocycles. The van der Waals surface area contributed by atoms with Crippen LogP contribution in [0.15, 0.2) is 29.6 Å². The summed E-state index contributed by atoms with van der Waals surface area (Å²) in [5.41, 5.74) is 4.14. The van der Waals surface area contributed by atoms with Crippen molar-refractivity contribution in [1.29, 1.82) is 0 Å². The Balaban J connectivity index is 1.87. The maximum Gasteiger partial charge on any atom is 0.256 e. The topological polar surface area (TPSA) is 32.3 Å². The third kappa shape index (κ3) is 2.81. The highest BCUT2D eigenvalue weighted by atomic mass is 32.1. The first-order valence-electron chi connectivity index (χ1n) is 7.38. The second kappa shape index (κ2) is 5.90. The Hall–Kier alpha value is -1.81. The van der Waals surface area contributed by atoms with Gasteiger partial charge in [-0.15, -0.1) is 11.3 Å². The number of carbonyl (C=O) groups excluding carboxylic acids is 1. The van der Waals surface area contributed by atoms with Gasteiger partial charge >= 0.3 is 0 Å². The number of amides is 1. The van der Waals surface area contributed by atoms with Gasteiger partial charge in [0.05, 0.1) is 5.56 Å². The van der Waals surface area contributed by atoms with Crippen molar-refractivity contribution in [3.8, 4) is 0 Å². The third-order valence-electron chi connectivity index (χ3n) is 3.87. The van der Waals surface area contributed by atoms with Crippen LogP contribution in [0, 0.1) is 6.92 Å². The van der Waals surface area contributed by atoms with Crippen LogP contribution in [-0.4, -0.2) is 23.9 Å². The minimum Gasteiger partial charge on any atom is -0.385 e. The van der Waals surface area contributed by atoms with Crippen molar-refractivity contribution in [2.45, 2.75) is 26.8 Å². The number of benzene rings is 1. The van der Waals surface area contributed by atoms with Crippen LogP contribution in [0.1, 0.15) is 33.3 Å². The van der Waals surface area contributed by atoms with Crippen molar-refractivity contribution >= 4 is 22.9 Å². The Morgan fingerprint density at radius 3 is 3.05 bits per heavy atom. The standard InChI is InChI=1S/C17H20N2OS/c1-3-18-15-5-4-12(2)10-14(15)17(20)19-8-6-16-13(11-19)7-9-21-16/h4-5,7,9-10,18H,3,6,8,11H2,1-2H3. The zero-order valence-corrected chi connectivity index (χ0v) is 13.3. The van der Waals surface area contributed by atoms with Gasteiger partial charge in [0.25, 0.3) is 5.91 Å². The van der Waals surface area contributed by atoms with Gasteiger partial charge < -0.3 is 10.2 Å². The molecule has 0 saturated heterocycles. The van der Waals surface area contributed by atoms with Gasteiger partial charge in [0.1, 0.15) is 0 Å². The maximum atomic E-state index is 12.9. The second-order valence-corrected chi connectivity index (χ2v) is 6.43. The molecule has 0 bridgehead atoms. The molecule has 0 unspecified atom stereocenters. The van der Waals surface area contributed by atoms with Gasteiger partial charge in [-0.3, -0.25) is 4.79 Å². The minimum atomic E-state index is 0.131. The lowest BCUT2D eigenvalue weighted by atomic mass is 10.0. The molecule has 3 nitrogen and oxygen atoms in total. The summed E-state index contributed by atoms with van der Waals surface area (Å²) in [4.78, 5) is 16.3. The number of nitrogens with zero attached hydrogens (tertiary/aromatic N) is 1. The number of aryl methyl sites for hydroxylation is 1. The number of nitrogens with one attached hydrogen (secondary N) is 1. The molecule has 1 aliphatic rings. The lowest BCUT2D eigenvalue weighted by molar-refractivity contribution is 0.0736. The van der Waals surface area contributed by atoms with Crippen molar-refractivity contribution in [2.24, 2.45) is 0 Å². The van der Waals surface area contributed by atoms with Crippen molar-refractivity contribution in [2.75, 3.05) is 18.4 Å². The molecule has 1 aromatic carbocycles. The third-order valence-corrected chi connectivity index (χ3v) is 4.89. The normalized spacial score (nSPS) is 13.9. The van der Waals surface area contributed by atoms with E-state index in [-0.39, 0.29) is 5.91 Å². The quantitative estimate of drug-likeness (QED) is 0.937. The van der Waals surface area contributed by atoms with Crippen LogP contribution >= 0.6 is 11.3 Å². The van der Waals surface area contributed by atoms with Crippen LogP contribution in [0.4, 0.5) is 5.69 Å². The van der Waals surface area contributed by atoms with E-state index in [4.69, 9.17) is 0 Å². The van der Waals surface area contributed by atoms with Gasteiger partial charge in [-0.1, -0.05) is 11.6 Å². The Morgan fingerprint density at radius 2 is 2.24 bits per heavy atom. The fraction of sp³-hybridized carbons (Fsp3) is 0.353. The molecule has 3 rings (SSSR count). The number of hydrogen-bond acceptors (Lipinski definition) is 3. The molecule has 0 fully saturated rings. The molecule has 1 aromatic heterocycles. The zero-order valence-electron chi connectivity index (χ0n) is 12.5. The Bertz CT molecular complexity index is 663. The summed E-state index contributed by atoms with van der Waals surface area (Å²) >= 11 is 1.80. The van der Waals surface area contributed by atoms with E-state index < -0.39 is 0 Å². The molecule has 0 spiro atoms. The monoisotopic (exact) mass is 300 g/mol. The number of fused-ring (bicyclic) bond motifs is 1. The molecule has 0 atom stereocenters. The van der Waals surface area contributed by atoms with E-state index in [1.807, 2.05) is 36.9 Å². The summed E-state index contributed by atoms with van der Waals surface area (Å²) in [6.07, 6.45) is 0.973. The van der Waals surface area contributed by atoms with E-state index in [0.717, 1.165) is 42.9 Å². The Kier molecular flexibility index (Phi) is 3.97. The van der Waals surface area contributed by atoms with Crippen molar-refractivity contribution in [1.82, 2.24) is 4.90 Å². The van der Waals surface area contributed by atoms with Crippen LogP contribution in [0.3, 0.4) is 0 Å². The molecule has 0 saturated carbocycles. The van der Waals surface area contributed by atoms with E-state index in [9.17, 15) is 4.79 Å². The zero-order chi connectivity index (χ0) is 14.8. The number of anilines is 1. The smallest absolute Gasteiger partial charge is 0.256 e. The number of thiophene rings is 1. The lowest BCUT2D eigenvalue weighted by Crippen LogP contribution is -2.35. The predicted octanol–water partition coefficient (Wildman–Crippen LogP) is 3.69. The van der Waals surface area contributed by atoms with Crippen LogP contribution in [0.2, 0.25) is 0 Å². The van der Waals surface area contributed by atoms with E-state index >= 15 is 0 Å². The van der Waals surface area contributed by atoms with Gasteiger partial charge in [-0.2, -0.15) is 0 Å². The Labute approximate surface area is 129 Å². The molecular formula is C17H20N2OS. The van der Waals surface area contributed by atoms with Gasteiger partial charge in [0.15, 0.2) is 0 Å². The molecule has 4 heteroatoms. The average molecular weight is 300 g/mol. The highest BCUT2D eigenvalue weighted by Gasteiger charge is 2.24. The summed E-state index contributed by atoms with van der Waals surface area (Å²) in [6, 6.07) is 8.18. The van der Waals surface area contributed by atoms with Gasteiger partial charge in [-0.05, 0) is 49.4 Å². The van der Waals surface area contributed by atoms with Crippen LogP contribution < -0.4 is 5.32 Å². The summed E-state index contributed by atoms with van der Waals surface area (Å²) < 4.78 is 0. The first-order chi connectivity index (χ1) is 10.2. The highest BCUT2D eigenvalue weighted by Crippen LogP contribution is 2.27. The molecule has 110 valence electrons. The number of hydrogen-bond donors (Lipinski definition) is 1. The lowest BCUT2D eigenvalue weighted by Gasteiger charge is -2.28. The summed E-state index contributed by atoms with van der Waals surface area (Å²) in [5, 5.41) is 5.41. The van der Waals surface area contributed by atoms with E-state index in [1.165, 1.54) is 10.4 Å². The van der Waals surface area contributed by atoms with Gasteiger partial charge in [0.2, 0.25) is 0 Å². The van der Waals surface area contributed by atoms with Crippen molar-refractivity contribution < 1.29 is 4.79 Å². The molecule has 2 aromatic rings. The van der Waals surface area contributed by atoms with Crippen LogP contribution in [-0.2, 0) is 13.0 Å². The molecule has 0 radical (unpaired) electrons. The fourth-order valence-electron chi connectivity index (χ4n) is 2.77. The highest BCUT2D eigenvalue weighted by molar-refractivity contribution is 7.10. The van der Waals surface area contributed by atoms with Crippen LogP contribution in [0.25, 0.3) is 0 Å². The largest absolute Gasteiger partial charge is 0.385 e. The molecule has 21 heavy (non-hydrogen) atoms. The summed E-state index contributed by atoms with van der Waals surface area (Å²) in [5.74, 6) is 0.131. The fourth-order valence-corrected chi connectivity index (χ4v) is 3.66. The maximum absolute atomic E-state index is 12.9. The van der Waals surface area contributed by atoms with Gasteiger partial charge in [0, 0.05) is 30.2 Å². The predicted molar refractivity (Wildman–Crippen MR) is 88.1 cm³/mol. The molecule has 1 N–H and O–H groups in total. The minimum absolute atomic E-state index is 0.131. The SMILES string of the molecule is CCNc1ccc(C)cc1C(=O)N1CCc2sccc2C1. The average Bonchev–Trinajstić information content (AvgIpc) is 2.96. The molecule has 1 aliphatic heterocycles. The molecule has 1 amide bonds. The van der Waals surface area contributed by atoms with Gasteiger partial charge in [-0.25, -0.2) is 0 Å². The van der Waals surface area contributed by atoms with E-state index in [2.05, 4.69) is 16.8 Å². The molecular weight excluding hydrogens is 280 g/mol. The van der Waals surface area contributed by atoms with Crippen molar-refractivity contribution in [3.05, 3.63) is 51.2 Å². The Morgan fingerprint density at radius 1 is 1.38 bits per heavy atom. The first-order valence-corrected chi connectivity index (χ1v) is 8.26. The summed E-state index contributed by atoms with van der Waals surface area (Å²) in [6.45, 7) is 6.44. The summed E-state index contributed by atoms with van der Waals surface area (Å²) in [7, 11) is 0. The number of carbonyl (C=O) groups is 1. The van der Waals surface area contributed by atoms with E-state index in [0.29, 0.717) is 0 Å².